The fourth-order valence-electron chi connectivity index (χ4n) is 1.31. The normalized spacial score (nSPS) is 12.2. The van der Waals surface area contributed by atoms with Crippen molar-refractivity contribution in [3.63, 3.8) is 0 Å². The van der Waals surface area contributed by atoms with Crippen LogP contribution < -0.4 is 16.8 Å². The second-order valence-electron chi connectivity index (χ2n) is 3.75. The maximum absolute atomic E-state index is 11.2. The quantitative estimate of drug-likeness (QED) is 0.732. The molecule has 1 atom stereocenters. The molecule has 0 bridgehead atoms. The van der Waals surface area contributed by atoms with Gasteiger partial charge in [0.2, 0.25) is 0 Å². The minimum absolute atomic E-state index is 0.122. The summed E-state index contributed by atoms with van der Waals surface area (Å²) in [4.78, 5) is 11.2. The molecule has 88 valence electrons. The van der Waals surface area contributed by atoms with E-state index < -0.39 is 5.91 Å². The molecule has 1 amide bonds. The number of anilines is 1. The fourth-order valence-corrected chi connectivity index (χ4v) is 1.48. The molecule has 0 aliphatic carbocycles. The van der Waals surface area contributed by atoms with Crippen LogP contribution in [-0.4, -0.2) is 18.5 Å². The first-order chi connectivity index (χ1) is 7.50. The summed E-state index contributed by atoms with van der Waals surface area (Å²) < 4.78 is 0. The van der Waals surface area contributed by atoms with E-state index in [-0.39, 0.29) is 6.04 Å². The molecule has 1 aromatic carbocycles. The Morgan fingerprint density at radius 1 is 1.56 bits per heavy atom. The third-order valence-corrected chi connectivity index (χ3v) is 2.40. The first-order valence-corrected chi connectivity index (χ1v) is 5.47. The van der Waals surface area contributed by atoms with Crippen molar-refractivity contribution in [1.82, 2.24) is 0 Å². The van der Waals surface area contributed by atoms with Gasteiger partial charge in [-0.05, 0) is 31.5 Å². The number of amides is 1. The van der Waals surface area contributed by atoms with Crippen LogP contribution in [0.1, 0.15) is 23.7 Å². The number of rotatable bonds is 5. The molecule has 0 fully saturated rings. The molecule has 1 unspecified atom stereocenters. The highest BCUT2D eigenvalue weighted by Gasteiger charge is 2.08. The number of benzene rings is 1. The molecule has 0 spiro atoms. The van der Waals surface area contributed by atoms with Crippen molar-refractivity contribution >= 4 is 23.2 Å². The average Bonchev–Trinajstić information content (AvgIpc) is 2.19. The van der Waals surface area contributed by atoms with Gasteiger partial charge in [0, 0.05) is 23.3 Å². The maximum atomic E-state index is 11.2. The van der Waals surface area contributed by atoms with Gasteiger partial charge < -0.3 is 16.8 Å². The molecule has 1 aromatic rings. The van der Waals surface area contributed by atoms with Gasteiger partial charge >= 0.3 is 0 Å². The van der Waals surface area contributed by atoms with Crippen molar-refractivity contribution < 1.29 is 4.79 Å². The number of nitrogens with two attached hydrogens (primary N) is 2. The Morgan fingerprint density at radius 3 is 2.81 bits per heavy atom. The Morgan fingerprint density at radius 2 is 2.25 bits per heavy atom. The molecular formula is C11H16ClN3O. The smallest absolute Gasteiger partial charge is 0.250 e. The van der Waals surface area contributed by atoms with Crippen LogP contribution in [0.5, 0.6) is 0 Å². The maximum Gasteiger partial charge on any atom is 0.250 e. The number of carbonyl (C=O) groups excluding carboxylic acids is 1. The van der Waals surface area contributed by atoms with E-state index in [0.29, 0.717) is 22.8 Å². The van der Waals surface area contributed by atoms with Crippen LogP contribution in [0, 0.1) is 0 Å². The van der Waals surface area contributed by atoms with E-state index in [1.165, 1.54) is 0 Å². The van der Waals surface area contributed by atoms with Gasteiger partial charge in [-0.25, -0.2) is 0 Å². The van der Waals surface area contributed by atoms with Crippen molar-refractivity contribution in [2.24, 2.45) is 11.5 Å². The predicted molar refractivity (Wildman–Crippen MR) is 66.7 cm³/mol. The lowest BCUT2D eigenvalue weighted by molar-refractivity contribution is 0.100. The zero-order valence-corrected chi connectivity index (χ0v) is 9.92. The van der Waals surface area contributed by atoms with Gasteiger partial charge in [0.15, 0.2) is 0 Å². The number of hydrogen-bond acceptors (Lipinski definition) is 3. The summed E-state index contributed by atoms with van der Waals surface area (Å²) in [6, 6.07) is 5.13. The Labute approximate surface area is 100.0 Å². The van der Waals surface area contributed by atoms with E-state index >= 15 is 0 Å². The monoisotopic (exact) mass is 241 g/mol. The minimum atomic E-state index is -0.495. The SMILES string of the molecule is CC(N)CCNc1ccc(Cl)cc1C(N)=O. The first-order valence-electron chi connectivity index (χ1n) is 5.09. The second kappa shape index (κ2) is 5.72. The van der Waals surface area contributed by atoms with Crippen LogP contribution in [0.4, 0.5) is 5.69 Å². The fraction of sp³-hybridized carbons (Fsp3) is 0.364. The summed E-state index contributed by atoms with van der Waals surface area (Å²) in [5.74, 6) is -0.495. The molecule has 5 N–H and O–H groups in total. The molecule has 1 rings (SSSR count). The van der Waals surface area contributed by atoms with Gasteiger partial charge in [0.25, 0.3) is 5.91 Å². The topological polar surface area (TPSA) is 81.1 Å². The summed E-state index contributed by atoms with van der Waals surface area (Å²) in [7, 11) is 0. The Balaban J connectivity index is 2.75. The summed E-state index contributed by atoms with van der Waals surface area (Å²) in [6.45, 7) is 2.62. The van der Waals surface area contributed by atoms with Crippen molar-refractivity contribution in [3.05, 3.63) is 28.8 Å². The molecule has 5 heteroatoms. The number of primary amides is 1. The predicted octanol–water partition coefficient (Wildman–Crippen LogP) is 1.59. The highest BCUT2D eigenvalue weighted by molar-refractivity contribution is 6.31. The molecule has 0 radical (unpaired) electrons. The van der Waals surface area contributed by atoms with Gasteiger partial charge in [-0.1, -0.05) is 11.6 Å². The van der Waals surface area contributed by atoms with Crippen LogP contribution in [0.2, 0.25) is 5.02 Å². The van der Waals surface area contributed by atoms with Crippen molar-refractivity contribution in [3.8, 4) is 0 Å². The van der Waals surface area contributed by atoms with Crippen LogP contribution in [0.25, 0.3) is 0 Å². The molecule has 16 heavy (non-hydrogen) atoms. The van der Waals surface area contributed by atoms with Crippen molar-refractivity contribution in [2.75, 3.05) is 11.9 Å². The van der Waals surface area contributed by atoms with E-state index in [9.17, 15) is 4.79 Å². The highest BCUT2D eigenvalue weighted by Crippen LogP contribution is 2.20. The second-order valence-corrected chi connectivity index (χ2v) is 4.18. The number of hydrogen-bond donors (Lipinski definition) is 3. The lowest BCUT2D eigenvalue weighted by Gasteiger charge is -2.11. The van der Waals surface area contributed by atoms with Crippen molar-refractivity contribution in [2.45, 2.75) is 19.4 Å². The highest BCUT2D eigenvalue weighted by atomic mass is 35.5. The molecule has 0 saturated carbocycles. The van der Waals surface area contributed by atoms with E-state index in [2.05, 4.69) is 5.32 Å². The molecular weight excluding hydrogens is 226 g/mol. The van der Waals surface area contributed by atoms with Crippen molar-refractivity contribution in [1.29, 1.82) is 0 Å². The van der Waals surface area contributed by atoms with Gasteiger partial charge in [0.05, 0.1) is 5.56 Å². The van der Waals surface area contributed by atoms with Crippen LogP contribution in [0.3, 0.4) is 0 Å². The standard InChI is InChI=1S/C11H16ClN3O/c1-7(13)4-5-15-10-3-2-8(12)6-9(10)11(14)16/h2-3,6-7,15H,4-5,13H2,1H3,(H2,14,16). The van der Waals surface area contributed by atoms with Gasteiger partial charge in [-0.2, -0.15) is 0 Å². The number of nitrogens with one attached hydrogen (secondary N) is 1. The third kappa shape index (κ3) is 3.72. The van der Waals surface area contributed by atoms with E-state index in [0.717, 1.165) is 6.42 Å². The summed E-state index contributed by atoms with van der Waals surface area (Å²) >= 11 is 5.79. The van der Waals surface area contributed by atoms with Crippen LogP contribution >= 0.6 is 11.6 Å². The first kappa shape index (κ1) is 12.8. The van der Waals surface area contributed by atoms with Crippen LogP contribution in [-0.2, 0) is 0 Å². The largest absolute Gasteiger partial charge is 0.384 e. The zero-order valence-electron chi connectivity index (χ0n) is 9.16. The van der Waals surface area contributed by atoms with Gasteiger partial charge in [0.1, 0.15) is 0 Å². The minimum Gasteiger partial charge on any atom is -0.384 e. The lowest BCUT2D eigenvalue weighted by Crippen LogP contribution is -2.20. The number of halogens is 1. The van der Waals surface area contributed by atoms with E-state index in [4.69, 9.17) is 23.1 Å². The Kier molecular flexibility index (Phi) is 4.58. The Hall–Kier alpha value is -1.26. The average molecular weight is 242 g/mol. The Bertz CT molecular complexity index is 379. The molecule has 0 aliphatic rings. The summed E-state index contributed by atoms with van der Waals surface area (Å²) in [5.41, 5.74) is 12.0. The van der Waals surface area contributed by atoms with E-state index in [1.54, 1.807) is 18.2 Å². The summed E-state index contributed by atoms with van der Waals surface area (Å²) in [5, 5.41) is 3.61. The molecule has 0 saturated heterocycles. The lowest BCUT2D eigenvalue weighted by atomic mass is 10.1. The number of carbonyl (C=O) groups is 1. The molecule has 4 nitrogen and oxygen atoms in total. The van der Waals surface area contributed by atoms with Gasteiger partial charge in [-0.3, -0.25) is 4.79 Å². The molecule has 0 heterocycles. The third-order valence-electron chi connectivity index (χ3n) is 2.16. The van der Waals surface area contributed by atoms with Gasteiger partial charge in [-0.15, -0.1) is 0 Å². The molecule has 0 aliphatic heterocycles. The zero-order chi connectivity index (χ0) is 12.1. The van der Waals surface area contributed by atoms with E-state index in [1.807, 2.05) is 6.92 Å². The summed E-state index contributed by atoms with van der Waals surface area (Å²) in [6.07, 6.45) is 0.820. The van der Waals surface area contributed by atoms with Crippen LogP contribution in [0.15, 0.2) is 18.2 Å². The molecule has 0 aromatic heterocycles.